The van der Waals surface area contributed by atoms with Gasteiger partial charge >= 0.3 is 0 Å². The fourth-order valence-electron chi connectivity index (χ4n) is 4.88. The summed E-state index contributed by atoms with van der Waals surface area (Å²) >= 11 is 0. The number of amides is 1. The van der Waals surface area contributed by atoms with Crippen molar-refractivity contribution in [3.63, 3.8) is 0 Å². The van der Waals surface area contributed by atoms with Crippen molar-refractivity contribution in [3.8, 4) is 0 Å². The van der Waals surface area contributed by atoms with Crippen LogP contribution in [0.2, 0.25) is 0 Å². The molecule has 3 atom stereocenters. The smallest absolute Gasteiger partial charge is 0.258 e. The van der Waals surface area contributed by atoms with Gasteiger partial charge in [-0.05, 0) is 44.0 Å². The number of carbonyl (C=O) groups is 1. The third-order valence-corrected chi connectivity index (χ3v) is 6.43. The van der Waals surface area contributed by atoms with Crippen LogP contribution in [0.25, 0.3) is 0 Å². The van der Waals surface area contributed by atoms with E-state index in [9.17, 15) is 4.79 Å². The van der Waals surface area contributed by atoms with Gasteiger partial charge in [0.25, 0.3) is 5.91 Å². The van der Waals surface area contributed by atoms with Crippen LogP contribution in [0.3, 0.4) is 0 Å². The largest absolute Gasteiger partial charge is 0.329 e. The number of nitrogens with one attached hydrogen (secondary N) is 1. The number of benzene rings is 2. The van der Waals surface area contributed by atoms with Crippen LogP contribution in [0.15, 0.2) is 60.3 Å². The zero-order valence-electron chi connectivity index (χ0n) is 17.2. The number of hydrogen-bond donors (Lipinski definition) is 1. The van der Waals surface area contributed by atoms with Crippen LogP contribution in [-0.2, 0) is 6.42 Å². The molecule has 2 bridgehead atoms. The van der Waals surface area contributed by atoms with E-state index in [4.69, 9.17) is 0 Å². The van der Waals surface area contributed by atoms with E-state index >= 15 is 0 Å². The van der Waals surface area contributed by atoms with Gasteiger partial charge in [0.1, 0.15) is 6.04 Å². The summed E-state index contributed by atoms with van der Waals surface area (Å²) in [5, 5.41) is 0. The Hall–Kier alpha value is -2.39. The Morgan fingerprint density at radius 1 is 1.07 bits per heavy atom. The van der Waals surface area contributed by atoms with Crippen molar-refractivity contribution < 1.29 is 9.69 Å². The molecule has 2 aromatic rings. The van der Waals surface area contributed by atoms with Gasteiger partial charge in [-0.25, -0.2) is 0 Å². The van der Waals surface area contributed by atoms with Crippen molar-refractivity contribution in [2.24, 2.45) is 0 Å². The lowest BCUT2D eigenvalue weighted by Crippen LogP contribution is -3.14. The second-order valence-corrected chi connectivity index (χ2v) is 8.56. The minimum atomic E-state index is 0.146. The van der Waals surface area contributed by atoms with Crippen molar-refractivity contribution in [3.05, 3.63) is 82.6 Å². The predicted octanol–water partition coefficient (Wildman–Crippen LogP) is 3.32. The summed E-state index contributed by atoms with van der Waals surface area (Å²) in [6.07, 6.45) is 6.77. The van der Waals surface area contributed by atoms with Crippen LogP contribution >= 0.6 is 0 Å². The van der Waals surface area contributed by atoms with Crippen LogP contribution < -0.4 is 4.90 Å². The lowest BCUT2D eigenvalue weighted by Gasteiger charge is -2.33. The monoisotopic (exact) mass is 375 g/mol. The minimum absolute atomic E-state index is 0.146. The molecule has 1 amide bonds. The molecule has 4 rings (SSSR count). The minimum Gasteiger partial charge on any atom is -0.329 e. The van der Waals surface area contributed by atoms with Gasteiger partial charge in [-0.3, -0.25) is 4.79 Å². The molecule has 0 aliphatic carbocycles. The first-order chi connectivity index (χ1) is 13.5. The summed E-state index contributed by atoms with van der Waals surface area (Å²) in [5.41, 5.74) is 5.62. The molecular weight excluding hydrogens is 344 g/mol. The molecule has 1 N–H and O–H groups in total. The van der Waals surface area contributed by atoms with Crippen molar-refractivity contribution in [2.45, 2.75) is 51.6 Å². The number of fused-ring (bicyclic) bond motifs is 2. The fourth-order valence-corrected chi connectivity index (χ4v) is 4.88. The van der Waals surface area contributed by atoms with Crippen molar-refractivity contribution in [1.29, 1.82) is 0 Å². The normalized spacial score (nSPS) is 23.4. The second-order valence-electron chi connectivity index (χ2n) is 8.56. The molecule has 2 aliphatic rings. The summed E-state index contributed by atoms with van der Waals surface area (Å²) in [5.74, 6) is 0.146. The first-order valence-electron chi connectivity index (χ1n) is 10.5. The average Bonchev–Trinajstić information content (AvgIpc) is 2.89. The molecule has 28 heavy (non-hydrogen) atoms. The molecule has 3 nitrogen and oxygen atoms in total. The summed E-state index contributed by atoms with van der Waals surface area (Å²) in [7, 11) is 2.30. The molecule has 0 radical (unpaired) electrons. The number of hydrogen-bond acceptors (Lipinski definition) is 1. The van der Waals surface area contributed by atoms with Gasteiger partial charge in [0, 0.05) is 37.1 Å². The first kappa shape index (κ1) is 18.9. The Balaban J connectivity index is 1.63. The van der Waals surface area contributed by atoms with Gasteiger partial charge < -0.3 is 9.80 Å². The van der Waals surface area contributed by atoms with E-state index in [1.54, 1.807) is 4.90 Å². The Bertz CT molecular complexity index is 866. The van der Waals surface area contributed by atoms with Crippen LogP contribution in [0.5, 0.6) is 0 Å². The highest BCUT2D eigenvalue weighted by Gasteiger charge is 2.40. The Morgan fingerprint density at radius 2 is 1.79 bits per heavy atom. The fraction of sp³-hybridized carbons (Fsp3) is 0.400. The highest BCUT2D eigenvalue weighted by Crippen LogP contribution is 2.26. The molecule has 1 unspecified atom stereocenters. The van der Waals surface area contributed by atoms with Crippen LogP contribution in [0, 0.1) is 13.8 Å². The number of nitrogens with zero attached hydrogens (tertiary/aromatic N) is 1. The predicted molar refractivity (Wildman–Crippen MR) is 113 cm³/mol. The molecule has 0 saturated carbocycles. The lowest BCUT2D eigenvalue weighted by molar-refractivity contribution is -0.912. The molecule has 2 heterocycles. The number of carbonyl (C=O) groups excluding carboxylic acids is 1. The second kappa shape index (κ2) is 7.92. The Labute approximate surface area is 168 Å². The molecule has 1 saturated heterocycles. The van der Waals surface area contributed by atoms with Gasteiger partial charge in [-0.15, -0.1) is 0 Å². The molecule has 1 fully saturated rings. The van der Waals surface area contributed by atoms with E-state index in [2.05, 4.69) is 62.2 Å². The summed E-state index contributed by atoms with van der Waals surface area (Å²) < 4.78 is 0. The van der Waals surface area contributed by atoms with Gasteiger partial charge in [-0.1, -0.05) is 47.5 Å². The Morgan fingerprint density at radius 3 is 2.46 bits per heavy atom. The van der Waals surface area contributed by atoms with E-state index in [0.717, 1.165) is 36.1 Å². The van der Waals surface area contributed by atoms with Crippen molar-refractivity contribution in [1.82, 2.24) is 4.90 Å². The van der Waals surface area contributed by atoms with Crippen LogP contribution in [0.4, 0.5) is 0 Å². The molecule has 2 aromatic carbocycles. The summed E-state index contributed by atoms with van der Waals surface area (Å²) in [6.45, 7) is 4.87. The molecule has 2 aliphatic heterocycles. The third-order valence-electron chi connectivity index (χ3n) is 6.43. The van der Waals surface area contributed by atoms with E-state index in [1.165, 1.54) is 24.1 Å². The van der Waals surface area contributed by atoms with E-state index in [-0.39, 0.29) is 5.91 Å². The quantitative estimate of drug-likeness (QED) is 0.852. The summed E-state index contributed by atoms with van der Waals surface area (Å²) in [6, 6.07) is 17.9. The molecule has 3 heteroatoms. The van der Waals surface area contributed by atoms with Gasteiger partial charge in [0.05, 0.1) is 13.1 Å². The Kier molecular flexibility index (Phi) is 5.36. The lowest BCUT2D eigenvalue weighted by atomic mass is 10.0. The van der Waals surface area contributed by atoms with Crippen LogP contribution in [-0.4, -0.2) is 36.5 Å². The number of likely N-dealkylation sites (N-methyl/N-ethyl adjacent to an activating group) is 1. The van der Waals surface area contributed by atoms with E-state index in [1.807, 2.05) is 18.2 Å². The van der Waals surface area contributed by atoms with Gasteiger partial charge in [0.2, 0.25) is 0 Å². The third kappa shape index (κ3) is 3.90. The van der Waals surface area contributed by atoms with Gasteiger partial charge in [-0.2, -0.15) is 0 Å². The standard InChI is InChI=1S/C25H30N2O/c1-18-13-19(2)15-21(14-18)25(28)27(12-11-20-7-5-4-6-8-20)24-16-22-9-10-23(17-24)26(22)3/h4-8,13-16,22-23H,9-12,17H2,1-3H3/p+1/t22-,23+/m1/s1. The van der Waals surface area contributed by atoms with E-state index < -0.39 is 0 Å². The zero-order chi connectivity index (χ0) is 19.7. The topological polar surface area (TPSA) is 24.8 Å². The number of quaternary nitrogens is 1. The first-order valence-corrected chi connectivity index (χ1v) is 10.5. The number of rotatable bonds is 5. The molecular formula is C25H31N2O+. The maximum absolute atomic E-state index is 13.6. The SMILES string of the molecule is Cc1cc(C)cc(C(=O)N(CCc2ccccc2)C2=C[C@H]3CC[C@@H](C2)[NH+]3C)c1. The molecule has 0 spiro atoms. The zero-order valence-corrected chi connectivity index (χ0v) is 17.2. The average molecular weight is 376 g/mol. The van der Waals surface area contributed by atoms with Crippen molar-refractivity contribution >= 4 is 5.91 Å². The maximum atomic E-state index is 13.6. The molecule has 0 aromatic heterocycles. The number of aryl methyl sites for hydroxylation is 2. The van der Waals surface area contributed by atoms with Crippen molar-refractivity contribution in [2.75, 3.05) is 13.6 Å². The highest BCUT2D eigenvalue weighted by atomic mass is 16.2. The van der Waals surface area contributed by atoms with E-state index in [0.29, 0.717) is 12.1 Å². The summed E-state index contributed by atoms with van der Waals surface area (Å²) in [4.78, 5) is 17.2. The highest BCUT2D eigenvalue weighted by molar-refractivity contribution is 5.95. The van der Waals surface area contributed by atoms with Crippen LogP contribution in [0.1, 0.15) is 46.3 Å². The van der Waals surface area contributed by atoms with Gasteiger partial charge in [0.15, 0.2) is 0 Å². The molecule has 146 valence electrons. The maximum Gasteiger partial charge on any atom is 0.258 e.